The second kappa shape index (κ2) is 6.28. The molecule has 20 heavy (non-hydrogen) atoms. The van der Waals surface area contributed by atoms with Crippen LogP contribution in [0.2, 0.25) is 0 Å². The lowest BCUT2D eigenvalue weighted by molar-refractivity contribution is -0.0269. The van der Waals surface area contributed by atoms with Gasteiger partial charge in [0.1, 0.15) is 0 Å². The minimum Gasteiger partial charge on any atom is -0.386 e. The number of rotatable bonds is 5. The summed E-state index contributed by atoms with van der Waals surface area (Å²) in [6, 6.07) is 6.42. The van der Waals surface area contributed by atoms with Crippen molar-refractivity contribution in [3.63, 3.8) is 0 Å². The van der Waals surface area contributed by atoms with E-state index in [-0.39, 0.29) is 11.6 Å². The van der Waals surface area contributed by atoms with Gasteiger partial charge in [-0.25, -0.2) is 0 Å². The first-order valence-electron chi connectivity index (χ1n) is 8.05. The summed E-state index contributed by atoms with van der Waals surface area (Å²) in [7, 11) is 0. The van der Waals surface area contributed by atoms with Crippen molar-refractivity contribution in [3.05, 3.63) is 34.9 Å². The van der Waals surface area contributed by atoms with Crippen LogP contribution in [-0.2, 0) is 0 Å². The molecule has 0 bridgehead atoms. The first-order chi connectivity index (χ1) is 9.55. The van der Waals surface area contributed by atoms with Crippen LogP contribution in [0.3, 0.4) is 0 Å². The quantitative estimate of drug-likeness (QED) is 0.878. The lowest BCUT2D eigenvalue weighted by atomic mass is 9.83. The summed E-state index contributed by atoms with van der Waals surface area (Å²) in [4.78, 5) is 2.47. The van der Waals surface area contributed by atoms with Crippen molar-refractivity contribution in [2.75, 3.05) is 13.1 Å². The predicted molar refractivity (Wildman–Crippen MR) is 85.0 cm³/mol. The zero-order chi connectivity index (χ0) is 14.8. The number of benzene rings is 1. The number of nitrogens with zero attached hydrogens (tertiary/aromatic N) is 1. The molecule has 1 unspecified atom stereocenters. The van der Waals surface area contributed by atoms with Crippen LogP contribution in [0.5, 0.6) is 0 Å². The number of hydrogen-bond donors (Lipinski definition) is 1. The Morgan fingerprint density at radius 2 is 1.70 bits per heavy atom. The molecule has 1 N–H and O–H groups in total. The van der Waals surface area contributed by atoms with Crippen LogP contribution in [0.25, 0.3) is 0 Å². The van der Waals surface area contributed by atoms with Crippen molar-refractivity contribution in [1.29, 1.82) is 0 Å². The van der Waals surface area contributed by atoms with E-state index in [9.17, 15) is 5.11 Å². The van der Waals surface area contributed by atoms with Crippen LogP contribution in [0.4, 0.5) is 0 Å². The third-order valence-electron chi connectivity index (χ3n) is 5.22. The molecule has 2 rings (SSSR count). The molecule has 0 aliphatic heterocycles. The maximum absolute atomic E-state index is 11.1. The average molecular weight is 275 g/mol. The molecule has 1 aromatic carbocycles. The third kappa shape index (κ3) is 2.64. The fourth-order valence-electron chi connectivity index (χ4n) is 3.85. The molecule has 0 heterocycles. The summed E-state index contributed by atoms with van der Waals surface area (Å²) in [6.45, 7) is 10.7. The van der Waals surface area contributed by atoms with Crippen molar-refractivity contribution >= 4 is 0 Å². The number of aliphatic hydroxyl groups is 1. The molecule has 1 aromatic rings. The molecule has 1 fully saturated rings. The summed E-state index contributed by atoms with van der Waals surface area (Å²) < 4.78 is 0. The summed E-state index contributed by atoms with van der Waals surface area (Å²) in [5.41, 5.74) is 3.60. The van der Waals surface area contributed by atoms with Gasteiger partial charge in [0.15, 0.2) is 0 Å². The van der Waals surface area contributed by atoms with Gasteiger partial charge in [-0.3, -0.25) is 4.90 Å². The van der Waals surface area contributed by atoms with Crippen molar-refractivity contribution in [2.24, 2.45) is 0 Å². The van der Waals surface area contributed by atoms with Gasteiger partial charge in [-0.1, -0.05) is 44.9 Å². The highest BCUT2D eigenvalue weighted by Crippen LogP contribution is 2.44. The van der Waals surface area contributed by atoms with Gasteiger partial charge in [-0.15, -0.1) is 0 Å². The molecule has 0 aromatic heterocycles. The van der Waals surface area contributed by atoms with Gasteiger partial charge >= 0.3 is 0 Å². The van der Waals surface area contributed by atoms with Gasteiger partial charge in [0.25, 0.3) is 0 Å². The second-order valence-electron chi connectivity index (χ2n) is 6.23. The van der Waals surface area contributed by atoms with Crippen molar-refractivity contribution < 1.29 is 5.11 Å². The Morgan fingerprint density at radius 1 is 1.10 bits per heavy atom. The Bertz CT molecular complexity index is 445. The van der Waals surface area contributed by atoms with Crippen LogP contribution in [-0.4, -0.2) is 28.6 Å². The summed E-state index contributed by atoms with van der Waals surface area (Å²) in [6.07, 6.45) is 4.33. The van der Waals surface area contributed by atoms with Gasteiger partial charge in [0.05, 0.1) is 11.6 Å². The molecule has 1 aliphatic carbocycles. The topological polar surface area (TPSA) is 23.5 Å². The highest BCUT2D eigenvalue weighted by Gasteiger charge is 2.44. The molecule has 0 spiro atoms. The van der Waals surface area contributed by atoms with Crippen LogP contribution < -0.4 is 0 Å². The normalized spacial score (nSPS) is 19.5. The van der Waals surface area contributed by atoms with Gasteiger partial charge in [0.2, 0.25) is 0 Å². The SMILES string of the molecule is CCN(CC)C1(C(O)c2ccc(C)c(C)c2)CCCC1. The van der Waals surface area contributed by atoms with Crippen molar-refractivity contribution in [3.8, 4) is 0 Å². The third-order valence-corrected chi connectivity index (χ3v) is 5.22. The maximum atomic E-state index is 11.1. The van der Waals surface area contributed by atoms with Crippen LogP contribution >= 0.6 is 0 Å². The fourth-order valence-corrected chi connectivity index (χ4v) is 3.85. The molecule has 1 aliphatic rings. The minimum absolute atomic E-state index is 0.0504. The van der Waals surface area contributed by atoms with Gasteiger partial charge < -0.3 is 5.11 Å². The van der Waals surface area contributed by atoms with Gasteiger partial charge in [-0.2, -0.15) is 0 Å². The highest BCUT2D eigenvalue weighted by molar-refractivity contribution is 5.33. The Hall–Kier alpha value is -0.860. The number of likely N-dealkylation sites (N-methyl/N-ethyl adjacent to an activating group) is 1. The lowest BCUT2D eigenvalue weighted by Crippen LogP contribution is -2.51. The molecule has 1 saturated carbocycles. The molecule has 2 nitrogen and oxygen atoms in total. The molecule has 112 valence electrons. The van der Waals surface area contributed by atoms with Gasteiger partial charge in [-0.05, 0) is 56.5 Å². The Balaban J connectivity index is 2.35. The number of aliphatic hydroxyl groups excluding tert-OH is 1. The van der Waals surface area contributed by atoms with E-state index in [1.54, 1.807) is 0 Å². The average Bonchev–Trinajstić information content (AvgIpc) is 2.93. The van der Waals surface area contributed by atoms with E-state index in [4.69, 9.17) is 0 Å². The standard InChI is InChI=1S/C18H29NO/c1-5-19(6-2)18(11-7-8-12-18)17(20)16-10-9-14(3)15(4)13-16/h9-10,13,17,20H,5-8,11-12H2,1-4H3. The summed E-state index contributed by atoms with van der Waals surface area (Å²) >= 11 is 0. The zero-order valence-electron chi connectivity index (χ0n) is 13.4. The smallest absolute Gasteiger partial charge is 0.0973 e. The van der Waals surface area contributed by atoms with E-state index in [2.05, 4.69) is 50.8 Å². The summed E-state index contributed by atoms with van der Waals surface area (Å²) in [5.74, 6) is 0. The number of aryl methyl sites for hydroxylation is 2. The van der Waals surface area contributed by atoms with E-state index < -0.39 is 0 Å². The maximum Gasteiger partial charge on any atom is 0.0973 e. The second-order valence-corrected chi connectivity index (χ2v) is 6.23. The van der Waals surface area contributed by atoms with Crippen LogP contribution in [0, 0.1) is 13.8 Å². The highest BCUT2D eigenvalue weighted by atomic mass is 16.3. The molecular weight excluding hydrogens is 246 g/mol. The predicted octanol–water partition coefficient (Wildman–Crippen LogP) is 3.99. The van der Waals surface area contributed by atoms with Crippen LogP contribution in [0.15, 0.2) is 18.2 Å². The van der Waals surface area contributed by atoms with E-state index in [1.807, 2.05) is 0 Å². The van der Waals surface area contributed by atoms with E-state index in [1.165, 1.54) is 24.0 Å². The molecule has 0 radical (unpaired) electrons. The Kier molecular flexibility index (Phi) is 4.87. The van der Waals surface area contributed by atoms with Crippen molar-refractivity contribution in [2.45, 2.75) is 65.0 Å². The van der Waals surface area contributed by atoms with Gasteiger partial charge in [0, 0.05) is 0 Å². The fraction of sp³-hybridized carbons (Fsp3) is 0.667. The minimum atomic E-state index is -0.371. The van der Waals surface area contributed by atoms with Crippen molar-refractivity contribution in [1.82, 2.24) is 4.90 Å². The molecule has 0 amide bonds. The van der Waals surface area contributed by atoms with E-state index in [0.717, 1.165) is 31.5 Å². The molecular formula is C18H29NO. The molecule has 2 heteroatoms. The lowest BCUT2D eigenvalue weighted by Gasteiger charge is -2.44. The largest absolute Gasteiger partial charge is 0.386 e. The Labute approximate surface area is 123 Å². The van der Waals surface area contributed by atoms with Crippen LogP contribution in [0.1, 0.15) is 62.3 Å². The summed E-state index contributed by atoms with van der Waals surface area (Å²) in [5, 5.41) is 11.1. The molecule has 0 saturated heterocycles. The first kappa shape index (κ1) is 15.5. The van der Waals surface area contributed by atoms with E-state index in [0.29, 0.717) is 0 Å². The zero-order valence-corrected chi connectivity index (χ0v) is 13.4. The first-order valence-corrected chi connectivity index (χ1v) is 8.05. The monoisotopic (exact) mass is 275 g/mol. The van der Waals surface area contributed by atoms with E-state index >= 15 is 0 Å². The Morgan fingerprint density at radius 3 is 2.20 bits per heavy atom. The molecule has 1 atom stereocenters. The number of hydrogen-bond acceptors (Lipinski definition) is 2.